The maximum atomic E-state index is 12.0. The van der Waals surface area contributed by atoms with Crippen LogP contribution in [0.15, 0.2) is 24.3 Å². The largest absolute Gasteiger partial charge is 0.484 e. The molecule has 0 bridgehead atoms. The molecule has 6 heteroatoms. The second kappa shape index (κ2) is 7.45. The monoisotopic (exact) mass is 314 g/mol. The number of nitrogens with one attached hydrogen (secondary N) is 1. The summed E-state index contributed by atoms with van der Waals surface area (Å²) in [4.78, 5) is 12.2. The highest BCUT2D eigenvalue weighted by Crippen LogP contribution is 2.18. The molecule has 1 aromatic rings. The number of carbonyl (C=O) groups excluding carboxylic acids is 1. The number of carbonyl (C=O) groups is 1. The Labute approximate surface area is 129 Å². The van der Waals surface area contributed by atoms with Crippen molar-refractivity contribution < 1.29 is 9.53 Å². The standard InChI is InChI=1S/C14H19ClN2O2S/c1-3-14(4-2,13(16)20)17-12(18)9-19-11-7-5-6-10(15)8-11/h5-8H,3-4,9H2,1-2H3,(H2,16,20)(H,17,18). The molecule has 0 unspecified atom stereocenters. The van der Waals surface area contributed by atoms with Crippen LogP contribution in [0, 0.1) is 0 Å². The first-order chi connectivity index (χ1) is 9.43. The Balaban J connectivity index is 2.61. The van der Waals surface area contributed by atoms with Gasteiger partial charge in [0.1, 0.15) is 5.75 Å². The number of nitrogens with two attached hydrogens (primary N) is 1. The Kier molecular flexibility index (Phi) is 6.23. The van der Waals surface area contributed by atoms with Crippen LogP contribution in [0.1, 0.15) is 26.7 Å². The van der Waals surface area contributed by atoms with Crippen LogP contribution in [0.5, 0.6) is 5.75 Å². The van der Waals surface area contributed by atoms with Gasteiger partial charge in [0.25, 0.3) is 5.91 Å². The zero-order chi connectivity index (χ0) is 15.2. The Bertz CT molecular complexity index is 490. The van der Waals surface area contributed by atoms with Gasteiger partial charge in [-0.25, -0.2) is 0 Å². The van der Waals surface area contributed by atoms with Crippen molar-refractivity contribution in [3.05, 3.63) is 29.3 Å². The summed E-state index contributed by atoms with van der Waals surface area (Å²) in [6.45, 7) is 3.76. The number of amides is 1. The third kappa shape index (κ3) is 4.35. The molecule has 0 aliphatic heterocycles. The summed E-state index contributed by atoms with van der Waals surface area (Å²) in [7, 11) is 0. The summed E-state index contributed by atoms with van der Waals surface area (Å²) < 4.78 is 5.38. The number of hydrogen-bond donors (Lipinski definition) is 2. The van der Waals surface area contributed by atoms with E-state index in [4.69, 9.17) is 34.3 Å². The van der Waals surface area contributed by atoms with E-state index in [9.17, 15) is 4.79 Å². The third-order valence-electron chi connectivity index (χ3n) is 3.22. The van der Waals surface area contributed by atoms with Crippen molar-refractivity contribution >= 4 is 34.7 Å². The van der Waals surface area contributed by atoms with Gasteiger partial charge < -0.3 is 15.8 Å². The van der Waals surface area contributed by atoms with Crippen LogP contribution in [-0.2, 0) is 4.79 Å². The first kappa shape index (κ1) is 16.7. The Morgan fingerprint density at radius 2 is 2.10 bits per heavy atom. The van der Waals surface area contributed by atoms with Crippen molar-refractivity contribution in [3.8, 4) is 5.75 Å². The molecule has 4 nitrogen and oxygen atoms in total. The van der Waals surface area contributed by atoms with Crippen LogP contribution in [0.4, 0.5) is 0 Å². The summed E-state index contributed by atoms with van der Waals surface area (Å²) in [5, 5.41) is 3.41. The lowest BCUT2D eigenvalue weighted by atomic mass is 9.93. The molecule has 0 atom stereocenters. The predicted molar refractivity (Wildman–Crippen MR) is 85.2 cm³/mol. The van der Waals surface area contributed by atoms with E-state index in [1.54, 1.807) is 24.3 Å². The van der Waals surface area contributed by atoms with Gasteiger partial charge in [-0.3, -0.25) is 4.79 Å². The molecule has 1 amide bonds. The number of hydrogen-bond acceptors (Lipinski definition) is 3. The summed E-state index contributed by atoms with van der Waals surface area (Å²) >= 11 is 10.9. The molecular weight excluding hydrogens is 296 g/mol. The summed E-state index contributed by atoms with van der Waals surface area (Å²) in [6.07, 6.45) is 1.28. The van der Waals surface area contributed by atoms with E-state index in [1.165, 1.54) is 0 Å². The molecule has 0 heterocycles. The van der Waals surface area contributed by atoms with Gasteiger partial charge in [0, 0.05) is 5.02 Å². The Morgan fingerprint density at radius 1 is 1.45 bits per heavy atom. The maximum absolute atomic E-state index is 12.0. The predicted octanol–water partition coefficient (Wildman–Crippen LogP) is 2.68. The molecule has 20 heavy (non-hydrogen) atoms. The molecule has 1 aromatic carbocycles. The fraction of sp³-hybridized carbons (Fsp3) is 0.429. The zero-order valence-electron chi connectivity index (χ0n) is 11.6. The fourth-order valence-corrected chi connectivity index (χ4v) is 2.37. The summed E-state index contributed by atoms with van der Waals surface area (Å²) in [5.41, 5.74) is 5.08. The van der Waals surface area contributed by atoms with E-state index in [-0.39, 0.29) is 12.5 Å². The van der Waals surface area contributed by atoms with Crippen LogP contribution in [0.25, 0.3) is 0 Å². The zero-order valence-corrected chi connectivity index (χ0v) is 13.2. The molecule has 0 spiro atoms. The first-order valence-corrected chi connectivity index (χ1v) is 7.21. The van der Waals surface area contributed by atoms with Crippen LogP contribution in [0.2, 0.25) is 5.02 Å². The van der Waals surface area contributed by atoms with Gasteiger partial charge in [0.05, 0.1) is 10.5 Å². The van der Waals surface area contributed by atoms with Crippen LogP contribution in [0.3, 0.4) is 0 Å². The minimum atomic E-state index is -0.649. The number of benzene rings is 1. The first-order valence-electron chi connectivity index (χ1n) is 6.42. The highest BCUT2D eigenvalue weighted by Gasteiger charge is 2.31. The highest BCUT2D eigenvalue weighted by atomic mass is 35.5. The second-order valence-electron chi connectivity index (χ2n) is 4.45. The van der Waals surface area contributed by atoms with Crippen LogP contribution >= 0.6 is 23.8 Å². The van der Waals surface area contributed by atoms with E-state index in [1.807, 2.05) is 13.8 Å². The average Bonchev–Trinajstić information content (AvgIpc) is 2.42. The highest BCUT2D eigenvalue weighted by molar-refractivity contribution is 7.80. The van der Waals surface area contributed by atoms with Crippen molar-refractivity contribution in [3.63, 3.8) is 0 Å². The van der Waals surface area contributed by atoms with Gasteiger partial charge in [0.2, 0.25) is 0 Å². The van der Waals surface area contributed by atoms with E-state index >= 15 is 0 Å². The van der Waals surface area contributed by atoms with Crippen LogP contribution < -0.4 is 15.8 Å². The molecule has 0 radical (unpaired) electrons. The smallest absolute Gasteiger partial charge is 0.258 e. The topological polar surface area (TPSA) is 64.3 Å². The molecule has 0 saturated heterocycles. The summed E-state index contributed by atoms with van der Waals surface area (Å²) in [6, 6.07) is 6.88. The number of rotatable bonds is 7. The fourth-order valence-electron chi connectivity index (χ4n) is 1.85. The van der Waals surface area contributed by atoms with Gasteiger partial charge in [-0.05, 0) is 31.0 Å². The number of ether oxygens (including phenoxy) is 1. The SMILES string of the molecule is CCC(CC)(NC(=O)COc1cccc(Cl)c1)C(N)=S. The van der Waals surface area contributed by atoms with E-state index in [0.717, 1.165) is 0 Å². The molecule has 0 aliphatic carbocycles. The molecule has 0 fully saturated rings. The molecule has 0 aliphatic rings. The van der Waals surface area contributed by atoms with E-state index < -0.39 is 5.54 Å². The van der Waals surface area contributed by atoms with Gasteiger partial charge in [-0.1, -0.05) is 43.7 Å². The lowest BCUT2D eigenvalue weighted by Gasteiger charge is -2.31. The van der Waals surface area contributed by atoms with Gasteiger partial charge in [0.15, 0.2) is 6.61 Å². The lowest BCUT2D eigenvalue weighted by molar-refractivity contribution is -0.124. The van der Waals surface area contributed by atoms with Crippen molar-refractivity contribution in [1.82, 2.24) is 5.32 Å². The Hall–Kier alpha value is -1.33. The normalized spacial score (nSPS) is 10.9. The minimum Gasteiger partial charge on any atom is -0.484 e. The minimum absolute atomic E-state index is 0.106. The number of halogens is 1. The molecule has 0 saturated carbocycles. The Morgan fingerprint density at radius 3 is 2.60 bits per heavy atom. The third-order valence-corrected chi connectivity index (χ3v) is 3.85. The van der Waals surface area contributed by atoms with Gasteiger partial charge in [-0.2, -0.15) is 0 Å². The molecule has 110 valence electrons. The molecule has 1 rings (SSSR count). The van der Waals surface area contributed by atoms with Gasteiger partial charge >= 0.3 is 0 Å². The van der Waals surface area contributed by atoms with Crippen molar-refractivity contribution in [1.29, 1.82) is 0 Å². The van der Waals surface area contributed by atoms with Crippen molar-refractivity contribution in [2.75, 3.05) is 6.61 Å². The van der Waals surface area contributed by atoms with Crippen LogP contribution in [-0.4, -0.2) is 23.0 Å². The van der Waals surface area contributed by atoms with Gasteiger partial charge in [-0.15, -0.1) is 0 Å². The molecular formula is C14H19ClN2O2S. The average molecular weight is 315 g/mol. The second-order valence-corrected chi connectivity index (χ2v) is 5.32. The quantitative estimate of drug-likeness (QED) is 0.760. The van der Waals surface area contributed by atoms with E-state index in [2.05, 4.69) is 5.32 Å². The maximum Gasteiger partial charge on any atom is 0.258 e. The lowest BCUT2D eigenvalue weighted by Crippen LogP contribution is -2.56. The molecule has 0 aromatic heterocycles. The summed E-state index contributed by atoms with van der Waals surface area (Å²) in [5.74, 6) is 0.281. The van der Waals surface area contributed by atoms with E-state index in [0.29, 0.717) is 28.6 Å². The number of thiocarbonyl (C=S) groups is 1. The molecule has 3 N–H and O–H groups in total. The van der Waals surface area contributed by atoms with Crippen molar-refractivity contribution in [2.45, 2.75) is 32.2 Å². The van der Waals surface area contributed by atoms with Crippen molar-refractivity contribution in [2.24, 2.45) is 5.73 Å².